The normalized spacial score (nSPS) is 20.5. The minimum Gasteiger partial charge on any atom is -0.497 e. The molecule has 34 heavy (non-hydrogen) atoms. The van der Waals surface area contributed by atoms with Crippen molar-refractivity contribution in [1.29, 1.82) is 0 Å². The number of aliphatic hydroxyl groups is 2. The van der Waals surface area contributed by atoms with Crippen LogP contribution in [0.4, 0.5) is 4.39 Å². The Balaban J connectivity index is 1.38. The minimum atomic E-state index is -0.809. The lowest BCUT2D eigenvalue weighted by Gasteiger charge is -2.41. The van der Waals surface area contributed by atoms with Crippen LogP contribution in [0.5, 0.6) is 5.75 Å². The molecule has 2 N–H and O–H groups in total. The van der Waals surface area contributed by atoms with Crippen molar-refractivity contribution in [2.45, 2.75) is 77.0 Å². The van der Waals surface area contributed by atoms with Crippen molar-refractivity contribution in [2.75, 3.05) is 33.4 Å². The molecule has 2 fully saturated rings. The minimum absolute atomic E-state index is 0.136. The first-order chi connectivity index (χ1) is 16.6. The van der Waals surface area contributed by atoms with Gasteiger partial charge in [-0.3, -0.25) is 4.98 Å². The van der Waals surface area contributed by atoms with Crippen LogP contribution in [0.3, 0.4) is 0 Å². The number of likely N-dealkylation sites (tertiary alicyclic amines) is 1. The summed E-state index contributed by atoms with van der Waals surface area (Å²) in [6.45, 7) is 2.65. The monoisotopic (exact) mass is 472 g/mol. The molecular weight excluding hydrogens is 431 g/mol. The average molecular weight is 473 g/mol. The summed E-state index contributed by atoms with van der Waals surface area (Å²) in [4.78, 5) is 6.92. The number of nitrogens with zero attached hydrogens (tertiary/aromatic N) is 2. The molecule has 188 valence electrons. The van der Waals surface area contributed by atoms with E-state index in [0.29, 0.717) is 23.3 Å². The topological polar surface area (TPSA) is 65.8 Å². The Hall–Kier alpha value is -1.76. The Morgan fingerprint density at radius 3 is 2.65 bits per heavy atom. The second-order valence-corrected chi connectivity index (χ2v) is 10.6. The molecular formula is C28H41FN2O3. The van der Waals surface area contributed by atoms with Crippen molar-refractivity contribution in [3.8, 4) is 5.75 Å². The first-order valence-electron chi connectivity index (χ1n) is 13.1. The lowest BCUT2D eigenvalue weighted by Crippen LogP contribution is -2.42. The number of halogens is 1. The Morgan fingerprint density at radius 2 is 1.97 bits per heavy atom. The van der Waals surface area contributed by atoms with Crippen LogP contribution >= 0.6 is 0 Å². The number of hydrogen-bond acceptors (Lipinski definition) is 5. The molecule has 1 saturated carbocycles. The lowest BCUT2D eigenvalue weighted by atomic mass is 9.74. The van der Waals surface area contributed by atoms with Gasteiger partial charge in [0.1, 0.15) is 12.4 Å². The third-order valence-electron chi connectivity index (χ3n) is 8.46. The molecule has 4 rings (SSSR count). The summed E-state index contributed by atoms with van der Waals surface area (Å²) < 4.78 is 19.2. The van der Waals surface area contributed by atoms with Crippen LogP contribution in [-0.4, -0.2) is 53.4 Å². The molecule has 1 aliphatic carbocycles. The van der Waals surface area contributed by atoms with Crippen molar-refractivity contribution >= 4 is 10.9 Å². The summed E-state index contributed by atoms with van der Waals surface area (Å²) in [5, 5.41) is 22.2. The number of aromatic nitrogens is 1. The van der Waals surface area contributed by atoms with Gasteiger partial charge < -0.3 is 19.8 Å². The fourth-order valence-corrected chi connectivity index (χ4v) is 6.03. The molecule has 1 aliphatic heterocycles. The molecule has 1 atom stereocenters. The molecule has 1 unspecified atom stereocenters. The van der Waals surface area contributed by atoms with Crippen molar-refractivity contribution < 1.29 is 19.3 Å². The van der Waals surface area contributed by atoms with E-state index >= 15 is 0 Å². The van der Waals surface area contributed by atoms with E-state index < -0.39 is 12.8 Å². The summed E-state index contributed by atoms with van der Waals surface area (Å²) >= 11 is 0. The van der Waals surface area contributed by atoms with Crippen LogP contribution in [0.2, 0.25) is 0 Å². The highest BCUT2D eigenvalue weighted by atomic mass is 19.1. The number of hydrogen-bond donors (Lipinski definition) is 2. The highest BCUT2D eigenvalue weighted by molar-refractivity contribution is 5.85. The second kappa shape index (κ2) is 11.8. The molecule has 1 aromatic heterocycles. The average Bonchev–Trinajstić information content (AvgIpc) is 2.90. The van der Waals surface area contributed by atoms with Gasteiger partial charge in [-0.1, -0.05) is 32.1 Å². The van der Waals surface area contributed by atoms with Crippen molar-refractivity contribution in [2.24, 2.45) is 11.3 Å². The zero-order chi connectivity index (χ0) is 24.0. The van der Waals surface area contributed by atoms with Crippen LogP contribution in [0.15, 0.2) is 24.4 Å². The molecule has 0 radical (unpaired) electrons. The summed E-state index contributed by atoms with van der Waals surface area (Å²) in [5.74, 6) is 1.55. The van der Waals surface area contributed by atoms with Crippen LogP contribution in [0.25, 0.3) is 10.9 Å². The van der Waals surface area contributed by atoms with Gasteiger partial charge >= 0.3 is 0 Å². The van der Waals surface area contributed by atoms with Crippen LogP contribution in [0, 0.1) is 11.3 Å². The van der Waals surface area contributed by atoms with Crippen molar-refractivity contribution in [1.82, 2.24) is 9.88 Å². The fourth-order valence-electron chi connectivity index (χ4n) is 6.03. The Kier molecular flexibility index (Phi) is 8.78. The van der Waals surface area contributed by atoms with Crippen LogP contribution in [0.1, 0.15) is 81.4 Å². The van der Waals surface area contributed by atoms with E-state index in [1.165, 1.54) is 51.3 Å². The number of pyridine rings is 1. The molecule has 5 nitrogen and oxygen atoms in total. The Morgan fingerprint density at radius 1 is 1.21 bits per heavy atom. The molecule has 1 aromatic carbocycles. The highest BCUT2D eigenvalue weighted by Crippen LogP contribution is 2.40. The second-order valence-electron chi connectivity index (χ2n) is 10.6. The predicted molar refractivity (Wildman–Crippen MR) is 134 cm³/mol. The number of aliphatic hydroxyl groups excluding tert-OH is 2. The number of rotatable bonds is 10. The smallest absolute Gasteiger partial charge is 0.119 e. The Bertz CT molecular complexity index is 918. The largest absolute Gasteiger partial charge is 0.497 e. The van der Waals surface area contributed by atoms with Crippen molar-refractivity contribution in [3.63, 3.8) is 0 Å². The van der Waals surface area contributed by atoms with Gasteiger partial charge in [-0.05, 0) is 86.8 Å². The number of methoxy groups -OCH3 is 1. The standard InChI is InChI=1S/C28H41FN2O3/c1-34-23-7-8-25-24(17-23)27(22(18-29)19-30-25)26(33)9-11-28(20-32)12-15-31(16-13-28)14-10-21-5-3-2-4-6-21/h7-8,17,19,21,26,32-33H,2-6,9-16,18,20H2,1H3. The number of benzene rings is 1. The maximum Gasteiger partial charge on any atom is 0.119 e. The van der Waals surface area contributed by atoms with E-state index in [2.05, 4.69) is 9.88 Å². The van der Waals surface area contributed by atoms with Crippen LogP contribution in [-0.2, 0) is 6.67 Å². The van der Waals surface area contributed by atoms with Gasteiger partial charge in [-0.25, -0.2) is 4.39 Å². The van der Waals surface area contributed by atoms with Gasteiger partial charge in [-0.2, -0.15) is 0 Å². The predicted octanol–water partition coefficient (Wildman–Crippen LogP) is 5.57. The fraction of sp³-hybridized carbons (Fsp3) is 0.679. The van der Waals surface area contributed by atoms with E-state index in [1.54, 1.807) is 7.11 Å². The maximum atomic E-state index is 13.8. The van der Waals surface area contributed by atoms with Gasteiger partial charge in [0, 0.05) is 23.8 Å². The van der Waals surface area contributed by atoms with Gasteiger partial charge in [0.2, 0.25) is 0 Å². The van der Waals surface area contributed by atoms with E-state index in [9.17, 15) is 14.6 Å². The molecule has 1 saturated heterocycles. The number of ether oxygens (including phenoxy) is 1. The van der Waals surface area contributed by atoms with Crippen molar-refractivity contribution in [3.05, 3.63) is 35.5 Å². The summed E-state index contributed by atoms with van der Waals surface area (Å²) in [6, 6.07) is 5.49. The molecule has 2 aromatic rings. The van der Waals surface area contributed by atoms with Gasteiger partial charge in [0.25, 0.3) is 0 Å². The molecule has 0 spiro atoms. The number of fused-ring (bicyclic) bond motifs is 1. The molecule has 0 bridgehead atoms. The van der Waals surface area contributed by atoms with E-state index in [-0.39, 0.29) is 12.0 Å². The van der Waals surface area contributed by atoms with E-state index in [0.717, 1.165) is 49.2 Å². The first kappa shape index (κ1) is 25.3. The number of alkyl halides is 1. The zero-order valence-electron chi connectivity index (χ0n) is 20.6. The molecule has 0 amide bonds. The quantitative estimate of drug-likeness (QED) is 0.473. The molecule has 2 heterocycles. The summed E-state index contributed by atoms with van der Waals surface area (Å²) in [5.41, 5.74) is 1.57. The third-order valence-corrected chi connectivity index (χ3v) is 8.46. The summed E-state index contributed by atoms with van der Waals surface area (Å²) in [7, 11) is 1.59. The lowest BCUT2D eigenvalue weighted by molar-refractivity contribution is 0.0217. The summed E-state index contributed by atoms with van der Waals surface area (Å²) in [6.07, 6.45) is 12.1. The van der Waals surface area contributed by atoms with Gasteiger partial charge in [0.05, 0.1) is 18.7 Å². The SMILES string of the molecule is COc1ccc2ncc(CF)c(C(O)CCC3(CO)CCN(CCC4CCCCC4)CC3)c2c1. The molecule has 6 heteroatoms. The van der Waals surface area contributed by atoms with E-state index in [4.69, 9.17) is 4.74 Å². The Labute approximate surface area is 203 Å². The third kappa shape index (κ3) is 5.89. The number of piperidine rings is 1. The maximum absolute atomic E-state index is 13.8. The van der Waals surface area contributed by atoms with Gasteiger partial charge in [0.15, 0.2) is 0 Å². The van der Waals surface area contributed by atoms with Crippen LogP contribution < -0.4 is 4.74 Å². The zero-order valence-corrected chi connectivity index (χ0v) is 20.6. The highest BCUT2D eigenvalue weighted by Gasteiger charge is 2.35. The van der Waals surface area contributed by atoms with Gasteiger partial charge in [-0.15, -0.1) is 0 Å². The molecule has 2 aliphatic rings. The van der Waals surface area contributed by atoms with E-state index in [1.807, 2.05) is 18.2 Å². The first-order valence-corrected chi connectivity index (χ1v) is 13.1.